The molecule has 136 valence electrons. The summed E-state index contributed by atoms with van der Waals surface area (Å²) in [4.78, 5) is 11.7. The highest BCUT2D eigenvalue weighted by atomic mass is 32.2. The fourth-order valence-electron chi connectivity index (χ4n) is 2.88. The molecular formula is C19H30O4S. The third kappa shape index (κ3) is 8.06. The van der Waals surface area contributed by atoms with Gasteiger partial charge in [0, 0.05) is 5.56 Å². The largest absolute Gasteiger partial charge is 0.333 e. The zero-order chi connectivity index (χ0) is 17.8. The molecule has 0 saturated carbocycles. The first-order valence-electron chi connectivity index (χ1n) is 9.06. The first kappa shape index (κ1) is 20.8. The van der Waals surface area contributed by atoms with Crippen LogP contribution >= 0.6 is 0 Å². The highest BCUT2D eigenvalue weighted by Crippen LogP contribution is 2.17. The van der Waals surface area contributed by atoms with Crippen LogP contribution in [0.5, 0.6) is 0 Å². The Morgan fingerprint density at radius 2 is 1.38 bits per heavy atom. The Morgan fingerprint density at radius 3 is 1.92 bits per heavy atom. The molecule has 0 bridgehead atoms. The monoisotopic (exact) mass is 354 g/mol. The molecule has 1 N–H and O–H groups in total. The molecule has 4 nitrogen and oxygen atoms in total. The fourth-order valence-corrected chi connectivity index (χ4v) is 3.36. The number of carbonyl (C=O) groups excluding carboxylic acids is 1. The predicted octanol–water partition coefficient (Wildman–Crippen LogP) is 5.18. The summed E-state index contributed by atoms with van der Waals surface area (Å²) in [6.07, 6.45) is 12.9. The molecule has 1 aromatic rings. The van der Waals surface area contributed by atoms with Crippen molar-refractivity contribution in [3.63, 3.8) is 0 Å². The number of rotatable bonds is 12. The van der Waals surface area contributed by atoms with Crippen molar-refractivity contribution in [3.05, 3.63) is 35.4 Å². The van der Waals surface area contributed by atoms with Gasteiger partial charge >= 0.3 is 15.2 Å². The Kier molecular flexibility index (Phi) is 9.88. The van der Waals surface area contributed by atoms with E-state index in [0.29, 0.717) is 12.0 Å². The molecule has 5 heteroatoms. The molecule has 0 atom stereocenters. The van der Waals surface area contributed by atoms with Crippen LogP contribution in [-0.4, -0.2) is 18.1 Å². The van der Waals surface area contributed by atoms with Gasteiger partial charge in [-0.3, -0.25) is 9.35 Å². The Hall–Kier alpha value is -1.20. The van der Waals surface area contributed by atoms with Crippen LogP contribution in [0.4, 0.5) is 0 Å². The quantitative estimate of drug-likeness (QED) is 0.415. The summed E-state index contributed by atoms with van der Waals surface area (Å²) in [6, 6.07) is 6.61. The van der Waals surface area contributed by atoms with Gasteiger partial charge in [-0.15, -0.1) is 0 Å². The van der Waals surface area contributed by atoms with E-state index in [9.17, 15) is 13.2 Å². The first-order chi connectivity index (χ1) is 11.5. The van der Waals surface area contributed by atoms with Crippen molar-refractivity contribution < 1.29 is 17.8 Å². The standard InChI is InChI=1S/C19H30O4S/c1-2-3-4-5-6-7-8-9-10-11-14-17-15-12-13-16-18(17)19(20)24(21,22)23/h12-13,15-16H,2-11,14H2,1H3,(H,21,22,23). The normalized spacial score (nSPS) is 11.6. The van der Waals surface area contributed by atoms with E-state index >= 15 is 0 Å². The molecule has 0 unspecified atom stereocenters. The van der Waals surface area contributed by atoms with Gasteiger partial charge in [0.2, 0.25) is 0 Å². The first-order valence-corrected chi connectivity index (χ1v) is 10.5. The van der Waals surface area contributed by atoms with Gasteiger partial charge in [-0.2, -0.15) is 8.42 Å². The van der Waals surface area contributed by atoms with Crippen LogP contribution in [0.15, 0.2) is 24.3 Å². The Balaban J connectivity index is 2.28. The Bertz CT molecular complexity index is 593. The van der Waals surface area contributed by atoms with Gasteiger partial charge in [0.1, 0.15) is 0 Å². The van der Waals surface area contributed by atoms with E-state index in [0.717, 1.165) is 12.8 Å². The smallest absolute Gasteiger partial charge is 0.279 e. The highest BCUT2D eigenvalue weighted by molar-refractivity contribution is 8.01. The van der Waals surface area contributed by atoms with E-state index in [-0.39, 0.29) is 5.56 Å². The summed E-state index contributed by atoms with van der Waals surface area (Å²) in [5.41, 5.74) is 0.788. The minimum atomic E-state index is -4.67. The molecule has 1 aromatic carbocycles. The van der Waals surface area contributed by atoms with Crippen molar-refractivity contribution in [2.75, 3.05) is 0 Å². The molecule has 0 amide bonds. The zero-order valence-corrected chi connectivity index (χ0v) is 15.5. The molecule has 0 spiro atoms. The summed E-state index contributed by atoms with van der Waals surface area (Å²) >= 11 is 0. The number of benzene rings is 1. The van der Waals surface area contributed by atoms with Crippen LogP contribution in [0, 0.1) is 0 Å². The minimum Gasteiger partial charge on any atom is -0.279 e. The molecular weight excluding hydrogens is 324 g/mol. The third-order valence-corrected chi connectivity index (χ3v) is 4.96. The lowest BCUT2D eigenvalue weighted by Gasteiger charge is -2.07. The minimum absolute atomic E-state index is 0.0934. The summed E-state index contributed by atoms with van der Waals surface area (Å²) in [6.45, 7) is 2.22. The molecule has 0 radical (unpaired) electrons. The summed E-state index contributed by atoms with van der Waals surface area (Å²) < 4.78 is 31.0. The maximum atomic E-state index is 11.7. The van der Waals surface area contributed by atoms with Crippen LogP contribution in [-0.2, 0) is 16.5 Å². The molecule has 24 heavy (non-hydrogen) atoms. The van der Waals surface area contributed by atoms with Crippen LogP contribution in [0.3, 0.4) is 0 Å². The van der Waals surface area contributed by atoms with Gasteiger partial charge in [-0.25, -0.2) is 0 Å². The number of unbranched alkanes of at least 4 members (excludes halogenated alkanes) is 9. The maximum absolute atomic E-state index is 11.7. The summed E-state index contributed by atoms with van der Waals surface area (Å²) in [5, 5.41) is -1.20. The number of carbonyl (C=O) groups is 1. The van der Waals surface area contributed by atoms with E-state index in [1.807, 2.05) is 0 Å². The van der Waals surface area contributed by atoms with E-state index in [4.69, 9.17) is 4.55 Å². The SMILES string of the molecule is CCCCCCCCCCCCc1ccccc1C(=O)S(=O)(=O)O. The van der Waals surface area contributed by atoms with Gasteiger partial charge in [-0.05, 0) is 24.5 Å². The van der Waals surface area contributed by atoms with Crippen molar-refractivity contribution in [2.45, 2.75) is 77.6 Å². The highest BCUT2D eigenvalue weighted by Gasteiger charge is 2.22. The van der Waals surface area contributed by atoms with E-state index in [1.165, 1.54) is 57.4 Å². The Labute approximate surface area is 146 Å². The zero-order valence-electron chi connectivity index (χ0n) is 14.7. The van der Waals surface area contributed by atoms with Crippen molar-refractivity contribution in [3.8, 4) is 0 Å². The molecule has 1 rings (SSSR count). The molecule has 0 aliphatic rings. The van der Waals surface area contributed by atoms with Crippen LogP contribution in [0.2, 0.25) is 0 Å². The van der Waals surface area contributed by atoms with Crippen molar-refractivity contribution in [1.82, 2.24) is 0 Å². The summed E-state index contributed by atoms with van der Waals surface area (Å²) in [7, 11) is -4.67. The van der Waals surface area contributed by atoms with Crippen LogP contribution < -0.4 is 0 Å². The van der Waals surface area contributed by atoms with Crippen LogP contribution in [0.1, 0.15) is 87.1 Å². The van der Waals surface area contributed by atoms with Crippen molar-refractivity contribution in [2.24, 2.45) is 0 Å². The molecule has 0 fully saturated rings. The molecule has 0 aromatic heterocycles. The van der Waals surface area contributed by atoms with Gasteiger partial charge in [0.05, 0.1) is 0 Å². The topological polar surface area (TPSA) is 71.4 Å². The number of hydrogen-bond acceptors (Lipinski definition) is 3. The molecule has 0 aliphatic carbocycles. The van der Waals surface area contributed by atoms with Crippen molar-refractivity contribution in [1.29, 1.82) is 0 Å². The van der Waals surface area contributed by atoms with Gasteiger partial charge in [0.25, 0.3) is 0 Å². The molecule has 0 aliphatic heterocycles. The number of aryl methyl sites for hydroxylation is 1. The predicted molar refractivity (Wildman–Crippen MR) is 97.9 cm³/mol. The third-order valence-electron chi connectivity index (χ3n) is 4.27. The second-order valence-electron chi connectivity index (χ2n) is 6.35. The summed E-state index contributed by atoms with van der Waals surface area (Å²) in [5.74, 6) is 0. The lowest BCUT2D eigenvalue weighted by atomic mass is 10.0. The second kappa shape index (κ2) is 11.4. The fraction of sp³-hybridized carbons (Fsp3) is 0.632. The van der Waals surface area contributed by atoms with E-state index < -0.39 is 15.2 Å². The van der Waals surface area contributed by atoms with Gasteiger partial charge in [-0.1, -0.05) is 82.9 Å². The second-order valence-corrected chi connectivity index (χ2v) is 7.67. The Morgan fingerprint density at radius 1 is 0.875 bits per heavy atom. The van der Waals surface area contributed by atoms with E-state index in [1.54, 1.807) is 18.2 Å². The van der Waals surface area contributed by atoms with Gasteiger partial charge in [0.15, 0.2) is 0 Å². The average molecular weight is 355 g/mol. The number of hydrogen-bond donors (Lipinski definition) is 1. The molecule has 0 heterocycles. The van der Waals surface area contributed by atoms with Gasteiger partial charge < -0.3 is 0 Å². The lowest BCUT2D eigenvalue weighted by molar-refractivity contribution is 0.106. The van der Waals surface area contributed by atoms with Crippen molar-refractivity contribution >= 4 is 15.2 Å². The average Bonchev–Trinajstić information content (AvgIpc) is 2.55. The van der Waals surface area contributed by atoms with Crippen LogP contribution in [0.25, 0.3) is 0 Å². The van der Waals surface area contributed by atoms with E-state index in [2.05, 4.69) is 6.92 Å². The lowest BCUT2D eigenvalue weighted by Crippen LogP contribution is -2.15. The maximum Gasteiger partial charge on any atom is 0.333 e. The molecule has 0 saturated heterocycles.